The van der Waals surface area contributed by atoms with Crippen LogP contribution in [0.4, 0.5) is 0 Å². The van der Waals surface area contributed by atoms with Crippen LogP contribution in [-0.2, 0) is 0 Å². The Hall–Kier alpha value is -0.0100. The lowest BCUT2D eigenvalue weighted by atomic mass is 10.1. The largest absolute Gasteiger partial charge is 0.377 e. The van der Waals surface area contributed by atoms with Crippen molar-refractivity contribution in [3.05, 3.63) is 12.2 Å². The van der Waals surface area contributed by atoms with Crippen molar-refractivity contribution in [2.75, 3.05) is 0 Å². The molecule has 16 heavy (non-hydrogen) atoms. The summed E-state index contributed by atoms with van der Waals surface area (Å²) < 4.78 is 0. The summed E-state index contributed by atoms with van der Waals surface area (Å²) in [6, 6.07) is 0. The van der Waals surface area contributed by atoms with Crippen LogP contribution in [0.2, 0.25) is 0 Å². The van der Waals surface area contributed by atoms with Crippen molar-refractivity contribution in [2.45, 2.75) is 76.7 Å². The monoisotopic (exact) mass is 246 g/mol. The molecule has 1 atom stereocenters. The Morgan fingerprint density at radius 2 is 1.50 bits per heavy atom. The molecule has 0 aromatic heterocycles. The molecule has 1 nitrogen and oxygen atoms in total. The zero-order valence-electron chi connectivity index (χ0n) is 10.6. The van der Waals surface area contributed by atoms with Crippen molar-refractivity contribution in [1.82, 2.24) is 0 Å². The van der Waals surface area contributed by atoms with Crippen LogP contribution in [0.5, 0.6) is 0 Å². The molecule has 0 fully saturated rings. The second-order valence-electron chi connectivity index (χ2n) is 4.41. The van der Waals surface area contributed by atoms with E-state index in [1.165, 1.54) is 51.4 Å². The maximum absolute atomic E-state index is 8.81. The quantitative estimate of drug-likeness (QED) is 0.308. The number of aliphatic hydroxyl groups is 1. The Bertz CT molecular complexity index is 155. The normalized spacial score (nSPS) is 13.4. The van der Waals surface area contributed by atoms with Crippen LogP contribution in [0.15, 0.2) is 12.2 Å². The second kappa shape index (κ2) is 13.1. The summed E-state index contributed by atoms with van der Waals surface area (Å²) in [6.45, 7) is 2.25. The highest BCUT2D eigenvalue weighted by atomic mass is 35.5. The Balaban J connectivity index is 3.01. The number of unbranched alkanes of at least 4 members (excludes halogenated alkanes) is 8. The Morgan fingerprint density at radius 1 is 0.938 bits per heavy atom. The van der Waals surface area contributed by atoms with Gasteiger partial charge in [0.25, 0.3) is 0 Å². The van der Waals surface area contributed by atoms with Gasteiger partial charge in [-0.1, -0.05) is 75.6 Å². The van der Waals surface area contributed by atoms with Gasteiger partial charge in [0.05, 0.1) is 0 Å². The van der Waals surface area contributed by atoms with E-state index in [1.807, 2.05) is 6.08 Å². The van der Waals surface area contributed by atoms with Gasteiger partial charge in [-0.05, 0) is 12.8 Å². The lowest BCUT2D eigenvalue weighted by Gasteiger charge is -2.00. The van der Waals surface area contributed by atoms with Crippen molar-refractivity contribution >= 4 is 11.6 Å². The zero-order chi connectivity index (χ0) is 12.1. The zero-order valence-corrected chi connectivity index (χ0v) is 11.4. The molecule has 1 unspecified atom stereocenters. The maximum atomic E-state index is 8.81. The fourth-order valence-electron chi connectivity index (χ4n) is 1.72. The first-order chi connectivity index (χ1) is 7.77. The predicted molar refractivity (Wildman–Crippen MR) is 72.8 cm³/mol. The van der Waals surface area contributed by atoms with Gasteiger partial charge in [0.2, 0.25) is 0 Å². The number of hydrogen-bond donors (Lipinski definition) is 1. The molecule has 0 rings (SSSR count). The molecule has 96 valence electrons. The Morgan fingerprint density at radius 3 is 2.06 bits per heavy atom. The average Bonchev–Trinajstić information content (AvgIpc) is 2.25. The summed E-state index contributed by atoms with van der Waals surface area (Å²) in [6.07, 6.45) is 16.7. The number of alkyl halides is 1. The van der Waals surface area contributed by atoms with E-state index in [2.05, 4.69) is 13.0 Å². The third kappa shape index (κ3) is 14.0. The lowest BCUT2D eigenvalue weighted by molar-refractivity contribution is 0.260. The molecular weight excluding hydrogens is 220 g/mol. The van der Waals surface area contributed by atoms with Gasteiger partial charge in [0.15, 0.2) is 0 Å². The van der Waals surface area contributed by atoms with E-state index in [0.717, 1.165) is 6.42 Å². The van der Waals surface area contributed by atoms with Crippen LogP contribution in [0, 0.1) is 0 Å². The van der Waals surface area contributed by atoms with E-state index < -0.39 is 5.56 Å². The minimum atomic E-state index is -0.713. The Labute approximate surface area is 106 Å². The minimum Gasteiger partial charge on any atom is -0.377 e. The molecular formula is C14H27ClO. The summed E-state index contributed by atoms with van der Waals surface area (Å²) in [5.74, 6) is 0. The number of aliphatic hydroxyl groups excluding tert-OH is 1. The molecule has 0 spiro atoms. The van der Waals surface area contributed by atoms with Gasteiger partial charge in [0, 0.05) is 6.42 Å². The summed E-state index contributed by atoms with van der Waals surface area (Å²) in [4.78, 5) is 0. The number of halogens is 1. The van der Waals surface area contributed by atoms with Crippen LogP contribution < -0.4 is 0 Å². The van der Waals surface area contributed by atoms with Gasteiger partial charge >= 0.3 is 0 Å². The van der Waals surface area contributed by atoms with E-state index in [-0.39, 0.29) is 0 Å². The van der Waals surface area contributed by atoms with Crippen LogP contribution in [0.3, 0.4) is 0 Å². The third-order valence-corrected chi connectivity index (χ3v) is 2.90. The van der Waals surface area contributed by atoms with Crippen molar-refractivity contribution in [3.63, 3.8) is 0 Å². The van der Waals surface area contributed by atoms with Crippen LogP contribution in [0.25, 0.3) is 0 Å². The first-order valence-electron chi connectivity index (χ1n) is 6.74. The molecule has 0 aromatic rings. The van der Waals surface area contributed by atoms with E-state index in [0.29, 0.717) is 6.42 Å². The molecule has 0 saturated carbocycles. The molecule has 0 heterocycles. The number of hydrogen-bond acceptors (Lipinski definition) is 1. The molecule has 0 bridgehead atoms. The van der Waals surface area contributed by atoms with Crippen molar-refractivity contribution in [2.24, 2.45) is 0 Å². The first-order valence-corrected chi connectivity index (χ1v) is 7.18. The van der Waals surface area contributed by atoms with Gasteiger partial charge in [-0.2, -0.15) is 0 Å². The molecule has 0 radical (unpaired) electrons. The summed E-state index contributed by atoms with van der Waals surface area (Å²) in [5, 5.41) is 8.81. The predicted octanol–water partition coefficient (Wildman–Crippen LogP) is 5.02. The van der Waals surface area contributed by atoms with Gasteiger partial charge < -0.3 is 5.11 Å². The molecule has 0 amide bonds. The second-order valence-corrected chi connectivity index (χ2v) is 4.91. The standard InChI is InChI=1S/C14H27ClO/c1-2-3-4-5-6-7-8-9-10-11-12-13-14(15)16/h11-12,14,16H,2-10,13H2,1H3/b12-11+. The topological polar surface area (TPSA) is 20.2 Å². The highest BCUT2D eigenvalue weighted by Crippen LogP contribution is 2.10. The molecule has 0 aromatic carbocycles. The number of rotatable bonds is 11. The molecule has 2 heteroatoms. The van der Waals surface area contributed by atoms with Gasteiger partial charge in [-0.15, -0.1) is 0 Å². The van der Waals surface area contributed by atoms with E-state index in [4.69, 9.17) is 16.7 Å². The van der Waals surface area contributed by atoms with E-state index in [9.17, 15) is 0 Å². The smallest absolute Gasteiger partial charge is 0.131 e. The average molecular weight is 247 g/mol. The van der Waals surface area contributed by atoms with Gasteiger partial charge in [0.1, 0.15) is 5.56 Å². The van der Waals surface area contributed by atoms with E-state index in [1.54, 1.807) is 0 Å². The Kier molecular flexibility index (Phi) is 13.0. The van der Waals surface area contributed by atoms with Crippen LogP contribution in [0.1, 0.15) is 71.1 Å². The molecule has 0 aliphatic heterocycles. The molecule has 0 saturated heterocycles. The number of allylic oxidation sites excluding steroid dienone is 1. The summed E-state index contributed by atoms with van der Waals surface area (Å²) in [5.41, 5.74) is -0.713. The summed E-state index contributed by atoms with van der Waals surface area (Å²) in [7, 11) is 0. The molecule has 0 aliphatic carbocycles. The fourth-order valence-corrected chi connectivity index (χ4v) is 1.83. The van der Waals surface area contributed by atoms with Gasteiger partial charge in [-0.25, -0.2) is 0 Å². The van der Waals surface area contributed by atoms with Crippen molar-refractivity contribution in [3.8, 4) is 0 Å². The highest BCUT2D eigenvalue weighted by Gasteiger charge is 1.92. The first kappa shape index (κ1) is 16.0. The van der Waals surface area contributed by atoms with E-state index >= 15 is 0 Å². The van der Waals surface area contributed by atoms with Gasteiger partial charge in [-0.3, -0.25) is 0 Å². The molecule has 0 aliphatic rings. The lowest BCUT2D eigenvalue weighted by Crippen LogP contribution is -1.90. The third-order valence-electron chi connectivity index (χ3n) is 2.72. The fraction of sp³-hybridized carbons (Fsp3) is 0.857. The molecule has 1 N–H and O–H groups in total. The van der Waals surface area contributed by atoms with Crippen LogP contribution in [-0.4, -0.2) is 10.7 Å². The van der Waals surface area contributed by atoms with Crippen LogP contribution >= 0.6 is 11.6 Å². The van der Waals surface area contributed by atoms with Crippen molar-refractivity contribution in [1.29, 1.82) is 0 Å². The highest BCUT2D eigenvalue weighted by molar-refractivity contribution is 6.19. The summed E-state index contributed by atoms with van der Waals surface area (Å²) >= 11 is 5.41. The maximum Gasteiger partial charge on any atom is 0.131 e. The van der Waals surface area contributed by atoms with Crippen molar-refractivity contribution < 1.29 is 5.11 Å². The SMILES string of the molecule is CCCCCCCCCC/C=C/CC(O)Cl. The minimum absolute atomic E-state index is 0.568.